The Bertz CT molecular complexity index is 211. The van der Waals surface area contributed by atoms with Crippen LogP contribution < -0.4 is 5.32 Å². The van der Waals surface area contributed by atoms with Crippen LogP contribution in [0.15, 0.2) is 0 Å². The van der Waals surface area contributed by atoms with Gasteiger partial charge in [-0.1, -0.05) is 26.7 Å². The predicted molar refractivity (Wildman–Crippen MR) is 71.8 cm³/mol. The highest BCUT2D eigenvalue weighted by atomic mass is 16.5. The van der Waals surface area contributed by atoms with Crippen LogP contribution in [0.25, 0.3) is 0 Å². The fourth-order valence-electron chi connectivity index (χ4n) is 1.47. The Morgan fingerprint density at radius 1 is 1.41 bits per heavy atom. The summed E-state index contributed by atoms with van der Waals surface area (Å²) in [5, 5.41) is 12.8. The minimum Gasteiger partial charge on any atom is -0.389 e. The van der Waals surface area contributed by atoms with Crippen molar-refractivity contribution in [3.05, 3.63) is 0 Å². The van der Waals surface area contributed by atoms with Crippen molar-refractivity contribution in [2.45, 2.75) is 52.2 Å². The van der Waals surface area contributed by atoms with E-state index in [2.05, 4.69) is 25.1 Å². The van der Waals surface area contributed by atoms with E-state index in [0.29, 0.717) is 19.1 Å². The van der Waals surface area contributed by atoms with Crippen molar-refractivity contribution in [3.63, 3.8) is 0 Å². The SMILES string of the molecule is C#CC(CC)NCC(O)COCCCC(C)C. The lowest BCUT2D eigenvalue weighted by molar-refractivity contribution is 0.0341. The molecule has 3 nitrogen and oxygen atoms in total. The van der Waals surface area contributed by atoms with Gasteiger partial charge in [-0.2, -0.15) is 0 Å². The van der Waals surface area contributed by atoms with Gasteiger partial charge in [0, 0.05) is 13.2 Å². The molecule has 2 unspecified atom stereocenters. The Labute approximate surface area is 106 Å². The van der Waals surface area contributed by atoms with E-state index in [9.17, 15) is 5.11 Å². The van der Waals surface area contributed by atoms with E-state index >= 15 is 0 Å². The normalized spacial score (nSPS) is 14.6. The van der Waals surface area contributed by atoms with Crippen LogP contribution >= 0.6 is 0 Å². The minimum absolute atomic E-state index is 0.0468. The zero-order valence-corrected chi connectivity index (χ0v) is 11.4. The first-order valence-electron chi connectivity index (χ1n) is 6.55. The maximum Gasteiger partial charge on any atom is 0.0898 e. The van der Waals surface area contributed by atoms with Crippen molar-refractivity contribution in [1.29, 1.82) is 0 Å². The zero-order valence-electron chi connectivity index (χ0n) is 11.4. The summed E-state index contributed by atoms with van der Waals surface area (Å²) in [5.41, 5.74) is 0. The summed E-state index contributed by atoms with van der Waals surface area (Å²) in [7, 11) is 0. The van der Waals surface area contributed by atoms with Crippen LogP contribution in [0.3, 0.4) is 0 Å². The third-order valence-electron chi connectivity index (χ3n) is 2.59. The van der Waals surface area contributed by atoms with E-state index in [4.69, 9.17) is 11.2 Å². The van der Waals surface area contributed by atoms with E-state index in [-0.39, 0.29) is 6.04 Å². The molecule has 0 spiro atoms. The summed E-state index contributed by atoms with van der Waals surface area (Å²) in [5.74, 6) is 3.35. The summed E-state index contributed by atoms with van der Waals surface area (Å²) in [6, 6.07) is 0.0468. The van der Waals surface area contributed by atoms with E-state index < -0.39 is 6.10 Å². The van der Waals surface area contributed by atoms with Crippen LogP contribution in [0.2, 0.25) is 0 Å². The molecule has 0 heterocycles. The van der Waals surface area contributed by atoms with Crippen molar-refractivity contribution in [3.8, 4) is 12.3 Å². The van der Waals surface area contributed by atoms with Gasteiger partial charge in [-0.25, -0.2) is 0 Å². The number of rotatable bonds is 10. The standard InChI is InChI=1S/C14H27NO2/c1-5-13(6-2)15-10-14(16)11-17-9-7-8-12(3)4/h1,12-16H,6-11H2,2-4H3. The molecule has 0 aliphatic carbocycles. The third kappa shape index (κ3) is 10.3. The smallest absolute Gasteiger partial charge is 0.0898 e. The van der Waals surface area contributed by atoms with Crippen LogP contribution in [0, 0.1) is 18.3 Å². The molecule has 0 aromatic rings. The molecular weight excluding hydrogens is 214 g/mol. The topological polar surface area (TPSA) is 41.5 Å². The number of aliphatic hydroxyl groups excluding tert-OH is 1. The number of nitrogens with one attached hydrogen (secondary N) is 1. The van der Waals surface area contributed by atoms with Gasteiger partial charge >= 0.3 is 0 Å². The number of hydrogen-bond donors (Lipinski definition) is 2. The molecular formula is C14H27NO2. The van der Waals surface area contributed by atoms with Gasteiger partial charge in [-0.15, -0.1) is 6.42 Å². The van der Waals surface area contributed by atoms with Gasteiger partial charge in [0.15, 0.2) is 0 Å². The summed E-state index contributed by atoms with van der Waals surface area (Å²) < 4.78 is 5.40. The fourth-order valence-corrected chi connectivity index (χ4v) is 1.47. The van der Waals surface area contributed by atoms with Gasteiger partial charge in [0.1, 0.15) is 0 Å². The lowest BCUT2D eigenvalue weighted by Gasteiger charge is -2.15. The number of aliphatic hydroxyl groups is 1. The Kier molecular flexibility index (Phi) is 10.2. The van der Waals surface area contributed by atoms with Crippen molar-refractivity contribution >= 4 is 0 Å². The Morgan fingerprint density at radius 3 is 2.65 bits per heavy atom. The molecule has 0 saturated heterocycles. The highest BCUT2D eigenvalue weighted by Crippen LogP contribution is 2.03. The van der Waals surface area contributed by atoms with E-state index in [0.717, 1.165) is 19.4 Å². The Hall–Kier alpha value is -0.560. The molecule has 0 amide bonds. The number of hydrogen-bond acceptors (Lipinski definition) is 3. The first kappa shape index (κ1) is 16.4. The lowest BCUT2D eigenvalue weighted by Crippen LogP contribution is -2.36. The average Bonchev–Trinajstić information content (AvgIpc) is 2.29. The van der Waals surface area contributed by atoms with Gasteiger partial charge in [-0.05, 0) is 25.2 Å². The monoisotopic (exact) mass is 241 g/mol. The fraction of sp³-hybridized carbons (Fsp3) is 0.857. The van der Waals surface area contributed by atoms with Crippen molar-refractivity contribution in [2.75, 3.05) is 19.8 Å². The molecule has 0 saturated carbocycles. The summed E-state index contributed by atoms with van der Waals surface area (Å²) in [6.45, 7) is 8.01. The largest absolute Gasteiger partial charge is 0.389 e. The number of ether oxygens (including phenoxy) is 1. The molecule has 100 valence electrons. The van der Waals surface area contributed by atoms with Gasteiger partial charge in [0.05, 0.1) is 18.8 Å². The van der Waals surface area contributed by atoms with Crippen molar-refractivity contribution in [1.82, 2.24) is 5.32 Å². The maximum absolute atomic E-state index is 9.64. The summed E-state index contributed by atoms with van der Waals surface area (Å²) in [4.78, 5) is 0. The molecule has 3 heteroatoms. The van der Waals surface area contributed by atoms with Crippen LogP contribution in [0.5, 0.6) is 0 Å². The van der Waals surface area contributed by atoms with Crippen LogP contribution in [-0.2, 0) is 4.74 Å². The molecule has 0 rings (SSSR count). The maximum atomic E-state index is 9.64. The molecule has 17 heavy (non-hydrogen) atoms. The highest BCUT2D eigenvalue weighted by Gasteiger charge is 2.07. The Morgan fingerprint density at radius 2 is 2.12 bits per heavy atom. The second kappa shape index (κ2) is 10.6. The molecule has 2 N–H and O–H groups in total. The van der Waals surface area contributed by atoms with Crippen LogP contribution in [0.4, 0.5) is 0 Å². The third-order valence-corrected chi connectivity index (χ3v) is 2.59. The van der Waals surface area contributed by atoms with Crippen molar-refractivity contribution < 1.29 is 9.84 Å². The van der Waals surface area contributed by atoms with Gasteiger partial charge < -0.3 is 15.2 Å². The molecule has 0 aliphatic rings. The van der Waals surface area contributed by atoms with Crippen LogP contribution in [-0.4, -0.2) is 37.0 Å². The van der Waals surface area contributed by atoms with Gasteiger partial charge in [0.2, 0.25) is 0 Å². The molecule has 0 aliphatic heterocycles. The number of terminal acetylenes is 1. The zero-order chi connectivity index (χ0) is 13.1. The molecule has 0 aromatic carbocycles. The first-order chi connectivity index (χ1) is 8.10. The van der Waals surface area contributed by atoms with E-state index in [1.165, 1.54) is 6.42 Å². The van der Waals surface area contributed by atoms with Gasteiger partial charge in [-0.3, -0.25) is 0 Å². The quantitative estimate of drug-likeness (QED) is 0.453. The molecule has 0 bridgehead atoms. The predicted octanol–water partition coefficient (Wildman–Crippen LogP) is 1.80. The second-order valence-electron chi connectivity index (χ2n) is 4.80. The lowest BCUT2D eigenvalue weighted by atomic mass is 10.1. The molecule has 0 radical (unpaired) electrons. The average molecular weight is 241 g/mol. The highest BCUT2D eigenvalue weighted by molar-refractivity contribution is 4.97. The van der Waals surface area contributed by atoms with Crippen molar-refractivity contribution in [2.24, 2.45) is 5.92 Å². The molecule has 0 aromatic heterocycles. The second-order valence-corrected chi connectivity index (χ2v) is 4.80. The summed E-state index contributed by atoms with van der Waals surface area (Å²) in [6.07, 6.45) is 7.94. The summed E-state index contributed by atoms with van der Waals surface area (Å²) >= 11 is 0. The van der Waals surface area contributed by atoms with E-state index in [1.54, 1.807) is 0 Å². The molecule has 2 atom stereocenters. The molecule has 0 fully saturated rings. The Balaban J connectivity index is 3.41. The van der Waals surface area contributed by atoms with Gasteiger partial charge in [0.25, 0.3) is 0 Å². The first-order valence-corrected chi connectivity index (χ1v) is 6.55. The minimum atomic E-state index is -0.476. The van der Waals surface area contributed by atoms with E-state index in [1.807, 2.05) is 6.92 Å². The van der Waals surface area contributed by atoms with Crippen LogP contribution in [0.1, 0.15) is 40.0 Å².